The summed E-state index contributed by atoms with van der Waals surface area (Å²) in [7, 11) is 1.65. The Hall–Kier alpha value is -2.09. The van der Waals surface area contributed by atoms with Crippen LogP contribution in [-0.4, -0.2) is 38.6 Å². The van der Waals surface area contributed by atoms with Gasteiger partial charge in [0.15, 0.2) is 0 Å². The van der Waals surface area contributed by atoms with E-state index >= 15 is 0 Å². The number of carbonyl (C=O) groups excluding carboxylic acids is 2. The van der Waals surface area contributed by atoms with Crippen LogP contribution in [0.4, 0.5) is 13.2 Å². The average molecular weight is 346 g/mol. The molecule has 0 spiro atoms. The normalized spacial score (nSPS) is 15.0. The van der Waals surface area contributed by atoms with Crippen molar-refractivity contribution in [2.24, 2.45) is 5.92 Å². The number of carbonyl (C=O) groups is 2. The standard InChI is InChI=1S/C14H20N2O2.C2HF3O/c1-18-13-4-2-11(3-5-13)10-16-14(17)12-6-8-15-9-7-12;3-2(4,5)1-6/h2-5,12,15H,6-10H2,1H3,(H,16,17);1H. The third-order valence-electron chi connectivity index (χ3n) is 3.47. The lowest BCUT2D eigenvalue weighted by Crippen LogP contribution is -2.37. The number of methoxy groups -OCH3 is 1. The van der Waals surface area contributed by atoms with Crippen molar-refractivity contribution >= 4 is 12.2 Å². The molecule has 8 heteroatoms. The molecule has 0 saturated carbocycles. The van der Waals surface area contributed by atoms with Gasteiger partial charge in [-0.15, -0.1) is 0 Å². The van der Waals surface area contributed by atoms with Crippen molar-refractivity contribution in [1.29, 1.82) is 0 Å². The molecule has 2 N–H and O–H groups in total. The van der Waals surface area contributed by atoms with Crippen molar-refractivity contribution in [2.45, 2.75) is 25.6 Å². The van der Waals surface area contributed by atoms with E-state index in [9.17, 15) is 18.0 Å². The topological polar surface area (TPSA) is 67.4 Å². The Morgan fingerprint density at radius 2 is 1.83 bits per heavy atom. The minimum absolute atomic E-state index is 0.171. The quantitative estimate of drug-likeness (QED) is 0.819. The first-order valence-electron chi connectivity index (χ1n) is 7.50. The highest BCUT2D eigenvalue weighted by Gasteiger charge is 2.25. The molecular formula is C16H21F3N2O3. The van der Waals surface area contributed by atoms with E-state index in [1.54, 1.807) is 7.11 Å². The van der Waals surface area contributed by atoms with E-state index in [1.165, 1.54) is 0 Å². The number of alkyl halides is 3. The number of hydrogen-bond donors (Lipinski definition) is 2. The molecule has 0 unspecified atom stereocenters. The number of amides is 1. The van der Waals surface area contributed by atoms with Gasteiger partial charge in [0, 0.05) is 12.5 Å². The first-order valence-corrected chi connectivity index (χ1v) is 7.50. The monoisotopic (exact) mass is 346 g/mol. The van der Waals surface area contributed by atoms with E-state index in [0.717, 1.165) is 37.2 Å². The third-order valence-corrected chi connectivity index (χ3v) is 3.47. The van der Waals surface area contributed by atoms with Gasteiger partial charge >= 0.3 is 6.18 Å². The first-order chi connectivity index (χ1) is 11.4. The minimum Gasteiger partial charge on any atom is -0.497 e. The lowest BCUT2D eigenvalue weighted by atomic mass is 9.97. The molecule has 1 aliphatic rings. The summed E-state index contributed by atoms with van der Waals surface area (Å²) < 4.78 is 36.3. The summed E-state index contributed by atoms with van der Waals surface area (Å²) >= 11 is 0. The molecule has 1 aromatic rings. The van der Waals surface area contributed by atoms with Gasteiger partial charge in [-0.2, -0.15) is 13.2 Å². The molecule has 24 heavy (non-hydrogen) atoms. The van der Waals surface area contributed by atoms with Crippen LogP contribution in [-0.2, 0) is 16.1 Å². The van der Waals surface area contributed by atoms with Crippen LogP contribution in [0.3, 0.4) is 0 Å². The molecule has 134 valence electrons. The molecule has 1 heterocycles. The number of hydrogen-bond acceptors (Lipinski definition) is 4. The molecule has 2 rings (SSSR count). The number of nitrogens with one attached hydrogen (secondary N) is 2. The molecule has 1 amide bonds. The van der Waals surface area contributed by atoms with Crippen molar-refractivity contribution in [3.63, 3.8) is 0 Å². The third kappa shape index (κ3) is 7.96. The maximum atomic E-state index is 11.9. The molecule has 0 atom stereocenters. The van der Waals surface area contributed by atoms with Gasteiger partial charge in [0.05, 0.1) is 7.11 Å². The number of ether oxygens (including phenoxy) is 1. The van der Waals surface area contributed by atoms with Crippen LogP contribution in [0.2, 0.25) is 0 Å². The summed E-state index contributed by atoms with van der Waals surface area (Å²) in [5, 5.41) is 6.26. The summed E-state index contributed by atoms with van der Waals surface area (Å²) in [5.41, 5.74) is 1.10. The van der Waals surface area contributed by atoms with Crippen LogP contribution in [0.15, 0.2) is 24.3 Å². The number of rotatable bonds is 4. The van der Waals surface area contributed by atoms with Crippen molar-refractivity contribution in [3.05, 3.63) is 29.8 Å². The van der Waals surface area contributed by atoms with Crippen LogP contribution in [0.5, 0.6) is 5.75 Å². The van der Waals surface area contributed by atoms with Gasteiger partial charge in [0.1, 0.15) is 5.75 Å². The molecule has 1 aliphatic heterocycles. The first kappa shape index (κ1) is 20.0. The Morgan fingerprint density at radius 3 is 2.29 bits per heavy atom. The SMILES string of the molecule is COc1ccc(CNC(=O)C2CCNCC2)cc1.O=CC(F)(F)F. The Bertz CT molecular complexity index is 512. The number of aldehydes is 1. The smallest absolute Gasteiger partial charge is 0.446 e. The highest BCUT2D eigenvalue weighted by atomic mass is 19.4. The van der Waals surface area contributed by atoms with Gasteiger partial charge in [0.2, 0.25) is 12.2 Å². The maximum Gasteiger partial charge on any atom is 0.446 e. The van der Waals surface area contributed by atoms with E-state index in [1.807, 2.05) is 24.3 Å². The fourth-order valence-electron chi connectivity index (χ4n) is 2.16. The lowest BCUT2D eigenvalue weighted by molar-refractivity contribution is -0.156. The fraction of sp³-hybridized carbons (Fsp3) is 0.500. The van der Waals surface area contributed by atoms with Gasteiger partial charge in [-0.25, -0.2) is 0 Å². The molecule has 1 fully saturated rings. The zero-order chi connectivity index (χ0) is 18.0. The molecule has 5 nitrogen and oxygen atoms in total. The van der Waals surface area contributed by atoms with Crippen molar-refractivity contribution < 1.29 is 27.5 Å². The van der Waals surface area contributed by atoms with E-state index in [0.29, 0.717) is 6.54 Å². The van der Waals surface area contributed by atoms with E-state index in [2.05, 4.69) is 10.6 Å². The van der Waals surface area contributed by atoms with Gasteiger partial charge < -0.3 is 15.4 Å². The van der Waals surface area contributed by atoms with Crippen LogP contribution in [0.1, 0.15) is 18.4 Å². The van der Waals surface area contributed by atoms with E-state index < -0.39 is 12.5 Å². The van der Waals surface area contributed by atoms with Crippen molar-refractivity contribution in [2.75, 3.05) is 20.2 Å². The van der Waals surface area contributed by atoms with Crippen LogP contribution in [0.25, 0.3) is 0 Å². The Kier molecular flexibility index (Phi) is 8.25. The average Bonchev–Trinajstić information content (AvgIpc) is 2.60. The summed E-state index contributed by atoms with van der Waals surface area (Å²) in [6.45, 7) is 2.48. The Labute approximate surface area is 138 Å². The van der Waals surface area contributed by atoms with Crippen LogP contribution < -0.4 is 15.4 Å². The van der Waals surface area contributed by atoms with E-state index in [4.69, 9.17) is 9.53 Å². The van der Waals surface area contributed by atoms with Gasteiger partial charge in [-0.3, -0.25) is 9.59 Å². The molecule has 1 saturated heterocycles. The lowest BCUT2D eigenvalue weighted by Gasteiger charge is -2.21. The maximum absolute atomic E-state index is 11.9. The van der Waals surface area contributed by atoms with Crippen molar-refractivity contribution in [3.8, 4) is 5.75 Å². The zero-order valence-corrected chi connectivity index (χ0v) is 13.4. The van der Waals surface area contributed by atoms with Gasteiger partial charge in [0.25, 0.3) is 0 Å². The molecule has 0 bridgehead atoms. The minimum atomic E-state index is -4.64. The van der Waals surface area contributed by atoms with Gasteiger partial charge in [-0.05, 0) is 43.6 Å². The largest absolute Gasteiger partial charge is 0.497 e. The number of piperidine rings is 1. The second-order valence-corrected chi connectivity index (χ2v) is 5.25. The summed E-state index contributed by atoms with van der Waals surface area (Å²) in [6, 6.07) is 7.76. The zero-order valence-electron chi connectivity index (χ0n) is 13.4. The van der Waals surface area contributed by atoms with Crippen LogP contribution >= 0.6 is 0 Å². The molecule has 0 radical (unpaired) electrons. The summed E-state index contributed by atoms with van der Waals surface area (Å²) in [6.07, 6.45) is -3.82. The predicted octanol–water partition coefficient (Wildman–Crippen LogP) is 2.06. The summed E-state index contributed by atoms with van der Waals surface area (Å²) in [5.74, 6) is 1.18. The predicted molar refractivity (Wildman–Crippen MR) is 82.6 cm³/mol. The molecule has 1 aromatic carbocycles. The van der Waals surface area contributed by atoms with Crippen LogP contribution in [0, 0.1) is 5.92 Å². The van der Waals surface area contributed by atoms with Crippen molar-refractivity contribution in [1.82, 2.24) is 10.6 Å². The Balaban J connectivity index is 0.000000413. The van der Waals surface area contributed by atoms with Gasteiger partial charge in [-0.1, -0.05) is 12.1 Å². The fourth-order valence-corrected chi connectivity index (χ4v) is 2.16. The number of benzene rings is 1. The Morgan fingerprint density at radius 1 is 1.29 bits per heavy atom. The highest BCUT2D eigenvalue weighted by Crippen LogP contribution is 2.13. The molecular weight excluding hydrogens is 325 g/mol. The molecule has 0 aliphatic carbocycles. The molecule has 0 aromatic heterocycles. The summed E-state index contributed by atoms with van der Waals surface area (Å²) in [4.78, 5) is 20.6. The van der Waals surface area contributed by atoms with E-state index in [-0.39, 0.29) is 11.8 Å². The second-order valence-electron chi connectivity index (χ2n) is 5.25. The second kappa shape index (κ2) is 9.92. The highest BCUT2D eigenvalue weighted by molar-refractivity contribution is 5.78. The number of halogens is 3.